The molecule has 2 aliphatic heterocycles. The second kappa shape index (κ2) is 6.05. The maximum absolute atomic E-state index is 11.8. The number of rotatable bonds is 5. The van der Waals surface area contributed by atoms with Crippen molar-refractivity contribution in [2.24, 2.45) is 0 Å². The van der Waals surface area contributed by atoms with Crippen molar-refractivity contribution < 1.29 is 10.1 Å². The highest BCUT2D eigenvalue weighted by molar-refractivity contribution is 5.22. The third-order valence-electron chi connectivity index (χ3n) is 4.24. The molecular weight excluding hydrogens is 258 g/mol. The number of hydrogen-bond donors (Lipinski definition) is 2. The summed E-state index contributed by atoms with van der Waals surface area (Å²) in [7, 11) is 0. The first-order valence-electron chi connectivity index (χ1n) is 7.20. The molecule has 6 nitrogen and oxygen atoms in total. The molecule has 1 aromatic rings. The predicted octanol–water partition coefficient (Wildman–Crippen LogP) is 0.297. The fourth-order valence-electron chi connectivity index (χ4n) is 3.00. The largest absolute Gasteiger partial charge is 0.364 e. The number of aromatic nitrogens is 1. The maximum Gasteiger partial charge on any atom is 0.186 e. The van der Waals surface area contributed by atoms with Gasteiger partial charge in [0.05, 0.1) is 0 Å². The van der Waals surface area contributed by atoms with Crippen LogP contribution in [0.1, 0.15) is 17.7 Å². The summed E-state index contributed by atoms with van der Waals surface area (Å²) in [5, 5.41) is 8.48. The second-order valence-corrected chi connectivity index (χ2v) is 5.67. The predicted molar refractivity (Wildman–Crippen MR) is 74.6 cm³/mol. The van der Waals surface area contributed by atoms with Gasteiger partial charge in [-0.15, -0.1) is 0 Å². The SMILES string of the molecule is O=c1cc[nH]c2c1CN(CCCN1CC(OO)C1)CC2. The molecule has 6 heteroatoms. The van der Waals surface area contributed by atoms with Gasteiger partial charge in [0, 0.05) is 56.1 Å². The van der Waals surface area contributed by atoms with Crippen LogP contribution in [0.15, 0.2) is 17.1 Å². The van der Waals surface area contributed by atoms with E-state index in [0.29, 0.717) is 0 Å². The van der Waals surface area contributed by atoms with Gasteiger partial charge in [-0.25, -0.2) is 4.89 Å². The Kier molecular flexibility index (Phi) is 4.16. The third-order valence-corrected chi connectivity index (χ3v) is 4.24. The van der Waals surface area contributed by atoms with E-state index in [2.05, 4.69) is 19.7 Å². The summed E-state index contributed by atoms with van der Waals surface area (Å²) in [4.78, 5) is 23.9. The molecule has 1 fully saturated rings. The summed E-state index contributed by atoms with van der Waals surface area (Å²) in [6, 6.07) is 1.61. The summed E-state index contributed by atoms with van der Waals surface area (Å²) < 4.78 is 0. The van der Waals surface area contributed by atoms with Crippen molar-refractivity contribution in [2.45, 2.75) is 25.5 Å². The molecule has 0 bridgehead atoms. The average Bonchev–Trinajstić information content (AvgIpc) is 2.42. The van der Waals surface area contributed by atoms with Crippen LogP contribution in [0.5, 0.6) is 0 Å². The molecule has 0 amide bonds. The van der Waals surface area contributed by atoms with E-state index < -0.39 is 0 Å². The van der Waals surface area contributed by atoms with Crippen LogP contribution in [0.3, 0.4) is 0 Å². The van der Waals surface area contributed by atoms with E-state index in [4.69, 9.17) is 5.26 Å². The zero-order chi connectivity index (χ0) is 13.9. The normalized spacial score (nSPS) is 20.6. The number of pyridine rings is 1. The third kappa shape index (κ3) is 2.93. The summed E-state index contributed by atoms with van der Waals surface area (Å²) in [6.45, 7) is 5.44. The Morgan fingerprint density at radius 2 is 2.15 bits per heavy atom. The molecule has 0 spiro atoms. The standard InChI is InChI=1S/C14H21N3O3/c18-14-2-4-15-13-3-7-16(10-12(13)14)5-1-6-17-8-11(9-17)20-19/h2,4,11,19H,1,3,5-10H2,(H,15,18). The van der Waals surface area contributed by atoms with Crippen molar-refractivity contribution in [2.75, 3.05) is 32.7 Å². The van der Waals surface area contributed by atoms with Gasteiger partial charge in [-0.05, 0) is 19.5 Å². The van der Waals surface area contributed by atoms with Crippen molar-refractivity contribution in [3.05, 3.63) is 33.7 Å². The second-order valence-electron chi connectivity index (χ2n) is 5.67. The lowest BCUT2D eigenvalue weighted by Crippen LogP contribution is -2.52. The Hall–Kier alpha value is -1.21. The van der Waals surface area contributed by atoms with Crippen molar-refractivity contribution in [1.29, 1.82) is 0 Å². The van der Waals surface area contributed by atoms with Crippen LogP contribution < -0.4 is 5.43 Å². The highest BCUT2D eigenvalue weighted by atomic mass is 17.1. The Bertz CT molecular complexity index is 511. The molecule has 0 radical (unpaired) electrons. The number of fused-ring (bicyclic) bond motifs is 1. The minimum atomic E-state index is -0.00424. The highest BCUT2D eigenvalue weighted by Gasteiger charge is 2.27. The number of hydrogen-bond acceptors (Lipinski definition) is 5. The van der Waals surface area contributed by atoms with Gasteiger partial charge in [-0.2, -0.15) is 0 Å². The minimum absolute atomic E-state index is 0.00424. The van der Waals surface area contributed by atoms with Crippen LogP contribution in [0, 0.1) is 0 Å². The Morgan fingerprint density at radius 3 is 2.95 bits per heavy atom. The summed E-state index contributed by atoms with van der Waals surface area (Å²) in [6.07, 6.45) is 3.74. The lowest BCUT2D eigenvalue weighted by molar-refractivity contribution is -0.303. The number of aromatic amines is 1. The fraction of sp³-hybridized carbons (Fsp3) is 0.643. The number of nitrogens with zero attached hydrogens (tertiary/aromatic N) is 2. The van der Waals surface area contributed by atoms with Gasteiger partial charge < -0.3 is 4.98 Å². The van der Waals surface area contributed by atoms with E-state index >= 15 is 0 Å². The van der Waals surface area contributed by atoms with Gasteiger partial charge in [-0.3, -0.25) is 19.9 Å². The molecule has 3 heterocycles. The monoisotopic (exact) mass is 279 g/mol. The molecule has 110 valence electrons. The van der Waals surface area contributed by atoms with E-state index in [0.717, 1.165) is 63.4 Å². The van der Waals surface area contributed by atoms with Gasteiger partial charge in [0.1, 0.15) is 6.10 Å². The van der Waals surface area contributed by atoms with Crippen molar-refractivity contribution in [3.63, 3.8) is 0 Å². The Morgan fingerprint density at radius 1 is 1.35 bits per heavy atom. The molecule has 0 aliphatic carbocycles. The molecule has 3 rings (SSSR count). The van der Waals surface area contributed by atoms with E-state index in [1.165, 1.54) is 0 Å². The van der Waals surface area contributed by atoms with Crippen LogP contribution >= 0.6 is 0 Å². The van der Waals surface area contributed by atoms with E-state index in [1.54, 1.807) is 12.3 Å². The van der Waals surface area contributed by atoms with E-state index in [-0.39, 0.29) is 11.5 Å². The maximum atomic E-state index is 11.8. The summed E-state index contributed by atoms with van der Waals surface area (Å²) in [5.74, 6) is 0. The summed E-state index contributed by atoms with van der Waals surface area (Å²) in [5.41, 5.74) is 2.17. The Balaban J connectivity index is 1.44. The molecular formula is C14H21N3O3. The number of nitrogens with one attached hydrogen (secondary N) is 1. The van der Waals surface area contributed by atoms with Crippen LogP contribution in [0.2, 0.25) is 0 Å². The minimum Gasteiger partial charge on any atom is -0.364 e. The van der Waals surface area contributed by atoms with Crippen LogP contribution in [0.25, 0.3) is 0 Å². The van der Waals surface area contributed by atoms with Crippen LogP contribution in [0.4, 0.5) is 0 Å². The van der Waals surface area contributed by atoms with E-state index in [1.807, 2.05) is 0 Å². The fourth-order valence-corrected chi connectivity index (χ4v) is 3.00. The van der Waals surface area contributed by atoms with Crippen molar-refractivity contribution in [3.8, 4) is 0 Å². The number of H-pyrrole nitrogens is 1. The van der Waals surface area contributed by atoms with Crippen molar-refractivity contribution in [1.82, 2.24) is 14.8 Å². The van der Waals surface area contributed by atoms with Gasteiger partial charge in [0.2, 0.25) is 0 Å². The highest BCUT2D eigenvalue weighted by Crippen LogP contribution is 2.15. The first-order chi connectivity index (χ1) is 9.76. The zero-order valence-corrected chi connectivity index (χ0v) is 11.5. The van der Waals surface area contributed by atoms with Crippen LogP contribution in [-0.2, 0) is 17.9 Å². The average molecular weight is 279 g/mol. The molecule has 0 unspecified atom stereocenters. The van der Waals surface area contributed by atoms with Gasteiger partial charge in [-0.1, -0.05) is 0 Å². The first-order valence-corrected chi connectivity index (χ1v) is 7.20. The molecule has 2 N–H and O–H groups in total. The van der Waals surface area contributed by atoms with Gasteiger partial charge in [0.15, 0.2) is 5.43 Å². The number of likely N-dealkylation sites (tertiary alicyclic amines) is 1. The lowest BCUT2D eigenvalue weighted by atomic mass is 10.1. The smallest absolute Gasteiger partial charge is 0.186 e. The van der Waals surface area contributed by atoms with Crippen molar-refractivity contribution >= 4 is 0 Å². The van der Waals surface area contributed by atoms with Crippen LogP contribution in [-0.4, -0.2) is 58.9 Å². The first kappa shape index (κ1) is 13.8. The molecule has 20 heavy (non-hydrogen) atoms. The van der Waals surface area contributed by atoms with Gasteiger partial charge >= 0.3 is 0 Å². The molecule has 0 aromatic carbocycles. The topological polar surface area (TPSA) is 68.8 Å². The molecule has 1 saturated heterocycles. The molecule has 0 saturated carbocycles. The molecule has 2 aliphatic rings. The molecule has 0 atom stereocenters. The quantitative estimate of drug-likeness (QED) is 0.599. The Labute approximate surface area is 117 Å². The van der Waals surface area contributed by atoms with Gasteiger partial charge in [0.25, 0.3) is 0 Å². The summed E-state index contributed by atoms with van der Waals surface area (Å²) >= 11 is 0. The van der Waals surface area contributed by atoms with E-state index in [9.17, 15) is 4.79 Å². The zero-order valence-electron chi connectivity index (χ0n) is 11.5. The lowest BCUT2D eigenvalue weighted by Gasteiger charge is -2.37. The molecule has 1 aromatic heterocycles.